The molecule has 1 unspecified atom stereocenters. The summed E-state index contributed by atoms with van der Waals surface area (Å²) in [6, 6.07) is 8.23. The standard InChI is InChI=1S/C14H17N3S/c1-10-7-16-14(17-8-10)18-9-13(15)12-6-4-3-5-11(12)2/h3-8,13H,9,15H2,1-2H3. The Morgan fingerprint density at radius 3 is 2.50 bits per heavy atom. The number of hydrogen-bond acceptors (Lipinski definition) is 4. The highest BCUT2D eigenvalue weighted by atomic mass is 32.2. The topological polar surface area (TPSA) is 51.8 Å². The van der Waals surface area contributed by atoms with E-state index in [1.54, 1.807) is 11.8 Å². The highest BCUT2D eigenvalue weighted by Gasteiger charge is 2.09. The third kappa shape index (κ3) is 3.31. The van der Waals surface area contributed by atoms with E-state index in [9.17, 15) is 0 Å². The van der Waals surface area contributed by atoms with E-state index in [1.807, 2.05) is 31.5 Å². The molecule has 18 heavy (non-hydrogen) atoms. The fourth-order valence-electron chi connectivity index (χ4n) is 1.71. The zero-order chi connectivity index (χ0) is 13.0. The lowest BCUT2D eigenvalue weighted by molar-refractivity contribution is 0.818. The Labute approximate surface area is 112 Å². The number of hydrogen-bond donors (Lipinski definition) is 1. The smallest absolute Gasteiger partial charge is 0.187 e. The summed E-state index contributed by atoms with van der Waals surface area (Å²) in [4.78, 5) is 8.53. The van der Waals surface area contributed by atoms with Gasteiger partial charge in [0, 0.05) is 24.2 Å². The van der Waals surface area contributed by atoms with Crippen LogP contribution in [0.25, 0.3) is 0 Å². The molecule has 2 N–H and O–H groups in total. The van der Waals surface area contributed by atoms with E-state index < -0.39 is 0 Å². The average molecular weight is 259 g/mol. The molecule has 0 saturated heterocycles. The Balaban J connectivity index is 1.98. The van der Waals surface area contributed by atoms with Gasteiger partial charge in [0.05, 0.1) is 0 Å². The zero-order valence-corrected chi connectivity index (χ0v) is 11.4. The molecular formula is C14H17N3S. The number of nitrogens with zero attached hydrogens (tertiary/aromatic N) is 2. The molecule has 0 saturated carbocycles. The van der Waals surface area contributed by atoms with E-state index in [2.05, 4.69) is 29.0 Å². The molecule has 0 fully saturated rings. The second-order valence-electron chi connectivity index (χ2n) is 4.32. The minimum absolute atomic E-state index is 0.0149. The lowest BCUT2D eigenvalue weighted by Crippen LogP contribution is -2.14. The molecule has 0 spiro atoms. The molecule has 1 aromatic carbocycles. The van der Waals surface area contributed by atoms with Gasteiger partial charge in [-0.1, -0.05) is 36.0 Å². The summed E-state index contributed by atoms with van der Waals surface area (Å²) in [5, 5.41) is 0.782. The summed E-state index contributed by atoms with van der Waals surface area (Å²) in [6.45, 7) is 4.07. The van der Waals surface area contributed by atoms with Crippen LogP contribution >= 0.6 is 11.8 Å². The number of thioether (sulfide) groups is 1. The first-order chi connectivity index (χ1) is 8.66. The summed E-state index contributed by atoms with van der Waals surface area (Å²) in [6.07, 6.45) is 3.66. The van der Waals surface area contributed by atoms with Gasteiger partial charge in [0.25, 0.3) is 0 Å². The Morgan fingerprint density at radius 2 is 1.83 bits per heavy atom. The summed E-state index contributed by atoms with van der Waals surface area (Å²) in [7, 11) is 0. The van der Waals surface area contributed by atoms with Gasteiger partial charge in [0.15, 0.2) is 5.16 Å². The maximum Gasteiger partial charge on any atom is 0.187 e. The average Bonchev–Trinajstić information content (AvgIpc) is 2.38. The molecule has 0 amide bonds. The van der Waals surface area contributed by atoms with Crippen molar-refractivity contribution in [1.29, 1.82) is 0 Å². The molecule has 1 atom stereocenters. The van der Waals surface area contributed by atoms with E-state index in [0.717, 1.165) is 16.5 Å². The predicted octanol–water partition coefficient (Wildman–Crippen LogP) is 2.89. The van der Waals surface area contributed by atoms with Gasteiger partial charge in [0.1, 0.15) is 0 Å². The van der Waals surface area contributed by atoms with Crippen LogP contribution in [0.3, 0.4) is 0 Å². The first-order valence-electron chi connectivity index (χ1n) is 5.89. The summed E-state index contributed by atoms with van der Waals surface area (Å²) >= 11 is 1.59. The third-order valence-corrected chi connectivity index (χ3v) is 3.73. The van der Waals surface area contributed by atoms with Crippen molar-refractivity contribution >= 4 is 11.8 Å². The van der Waals surface area contributed by atoms with Gasteiger partial charge in [-0.15, -0.1) is 0 Å². The van der Waals surface area contributed by atoms with Gasteiger partial charge < -0.3 is 5.73 Å². The Bertz CT molecular complexity index is 511. The summed E-state index contributed by atoms with van der Waals surface area (Å²) in [5.41, 5.74) is 9.69. The minimum atomic E-state index is 0.0149. The van der Waals surface area contributed by atoms with Crippen molar-refractivity contribution in [2.75, 3.05) is 5.75 Å². The van der Waals surface area contributed by atoms with Crippen LogP contribution in [0.15, 0.2) is 41.8 Å². The van der Waals surface area contributed by atoms with Gasteiger partial charge in [0.2, 0.25) is 0 Å². The van der Waals surface area contributed by atoms with Crippen molar-refractivity contribution in [3.8, 4) is 0 Å². The molecule has 0 aliphatic heterocycles. The Morgan fingerprint density at radius 1 is 1.17 bits per heavy atom. The van der Waals surface area contributed by atoms with Crippen molar-refractivity contribution in [3.05, 3.63) is 53.3 Å². The normalized spacial score (nSPS) is 12.4. The maximum atomic E-state index is 6.20. The number of aromatic nitrogens is 2. The number of nitrogens with two attached hydrogens (primary N) is 1. The number of rotatable bonds is 4. The molecule has 3 nitrogen and oxygen atoms in total. The van der Waals surface area contributed by atoms with Gasteiger partial charge in [-0.2, -0.15) is 0 Å². The fourth-order valence-corrected chi connectivity index (χ4v) is 2.47. The quantitative estimate of drug-likeness (QED) is 0.677. The number of aryl methyl sites for hydroxylation is 2. The molecule has 1 aromatic heterocycles. The Hall–Kier alpha value is -1.39. The van der Waals surface area contributed by atoms with Crippen LogP contribution in [-0.4, -0.2) is 15.7 Å². The van der Waals surface area contributed by atoms with Crippen LogP contribution in [0.1, 0.15) is 22.7 Å². The second kappa shape index (κ2) is 5.98. The minimum Gasteiger partial charge on any atom is -0.323 e. The molecule has 0 aliphatic rings. The lowest BCUT2D eigenvalue weighted by Gasteiger charge is -2.13. The Kier molecular flexibility index (Phi) is 4.33. The molecule has 0 aliphatic carbocycles. The second-order valence-corrected chi connectivity index (χ2v) is 5.30. The highest BCUT2D eigenvalue weighted by molar-refractivity contribution is 7.99. The van der Waals surface area contributed by atoms with Crippen LogP contribution in [0.2, 0.25) is 0 Å². The first kappa shape index (κ1) is 13.1. The van der Waals surface area contributed by atoms with Gasteiger partial charge in [-0.05, 0) is 30.5 Å². The molecule has 1 heterocycles. The van der Waals surface area contributed by atoms with Crippen LogP contribution in [0.4, 0.5) is 0 Å². The molecule has 2 aromatic rings. The van der Waals surface area contributed by atoms with E-state index in [-0.39, 0.29) is 6.04 Å². The first-order valence-corrected chi connectivity index (χ1v) is 6.88. The van der Waals surface area contributed by atoms with Crippen molar-refractivity contribution in [2.45, 2.75) is 25.0 Å². The fraction of sp³-hybridized carbons (Fsp3) is 0.286. The van der Waals surface area contributed by atoms with Gasteiger partial charge >= 0.3 is 0 Å². The molecule has 94 valence electrons. The SMILES string of the molecule is Cc1cnc(SCC(N)c2ccccc2C)nc1. The zero-order valence-electron chi connectivity index (χ0n) is 10.6. The van der Waals surface area contributed by atoms with E-state index in [1.165, 1.54) is 11.1 Å². The van der Waals surface area contributed by atoms with Crippen molar-refractivity contribution in [1.82, 2.24) is 9.97 Å². The van der Waals surface area contributed by atoms with E-state index >= 15 is 0 Å². The summed E-state index contributed by atoms with van der Waals surface area (Å²) in [5.74, 6) is 0.786. The van der Waals surface area contributed by atoms with Crippen molar-refractivity contribution in [2.24, 2.45) is 5.73 Å². The molecule has 0 bridgehead atoms. The molecule has 4 heteroatoms. The third-order valence-electron chi connectivity index (χ3n) is 2.74. The molecule has 2 rings (SSSR count). The van der Waals surface area contributed by atoms with E-state index in [0.29, 0.717) is 0 Å². The highest BCUT2D eigenvalue weighted by Crippen LogP contribution is 2.22. The predicted molar refractivity (Wildman–Crippen MR) is 75.6 cm³/mol. The van der Waals surface area contributed by atoms with Gasteiger partial charge in [-0.25, -0.2) is 9.97 Å². The monoisotopic (exact) mass is 259 g/mol. The number of benzene rings is 1. The lowest BCUT2D eigenvalue weighted by atomic mass is 10.0. The van der Waals surface area contributed by atoms with Crippen molar-refractivity contribution in [3.63, 3.8) is 0 Å². The van der Waals surface area contributed by atoms with Crippen LogP contribution in [0.5, 0.6) is 0 Å². The summed E-state index contributed by atoms with van der Waals surface area (Å²) < 4.78 is 0. The van der Waals surface area contributed by atoms with Crippen LogP contribution in [0, 0.1) is 13.8 Å². The maximum absolute atomic E-state index is 6.20. The van der Waals surface area contributed by atoms with Crippen LogP contribution in [-0.2, 0) is 0 Å². The van der Waals surface area contributed by atoms with E-state index in [4.69, 9.17) is 5.73 Å². The van der Waals surface area contributed by atoms with Crippen molar-refractivity contribution < 1.29 is 0 Å². The molecular weight excluding hydrogens is 242 g/mol. The van der Waals surface area contributed by atoms with Gasteiger partial charge in [-0.3, -0.25) is 0 Å². The largest absolute Gasteiger partial charge is 0.323 e. The van der Waals surface area contributed by atoms with Crippen LogP contribution < -0.4 is 5.73 Å². The molecule has 0 radical (unpaired) electrons.